The molecule has 2 aromatic heterocycles. The number of rotatable bonds is 6. The van der Waals surface area contributed by atoms with Gasteiger partial charge in [0.05, 0.1) is 10.7 Å². The van der Waals surface area contributed by atoms with Crippen molar-refractivity contribution in [1.82, 2.24) is 15.0 Å². The number of hydrogen-bond acceptors (Lipinski definition) is 6. The van der Waals surface area contributed by atoms with Gasteiger partial charge < -0.3 is 10.2 Å². The zero-order valence-corrected chi connectivity index (χ0v) is 13.2. The maximum Gasteiger partial charge on any atom is 0.134 e. The van der Waals surface area contributed by atoms with E-state index in [1.54, 1.807) is 17.7 Å². The van der Waals surface area contributed by atoms with Gasteiger partial charge in [-0.15, -0.1) is 11.3 Å². The van der Waals surface area contributed by atoms with Gasteiger partial charge in [0.2, 0.25) is 0 Å². The van der Waals surface area contributed by atoms with Crippen LogP contribution in [0, 0.1) is 0 Å². The number of aryl methyl sites for hydroxylation is 1. The summed E-state index contributed by atoms with van der Waals surface area (Å²) in [5.74, 6) is 1.93. The number of nitrogens with zero attached hydrogens (tertiary/aromatic N) is 4. The summed E-state index contributed by atoms with van der Waals surface area (Å²) in [6.45, 7) is 5.20. The molecule has 0 atom stereocenters. The summed E-state index contributed by atoms with van der Waals surface area (Å²) in [4.78, 5) is 15.6. The Morgan fingerprint density at radius 2 is 2.14 bits per heavy atom. The summed E-state index contributed by atoms with van der Waals surface area (Å²) in [6.07, 6.45) is 6.11. The Morgan fingerprint density at radius 3 is 2.90 bits per heavy atom. The second-order valence-corrected chi connectivity index (χ2v) is 6.16. The van der Waals surface area contributed by atoms with Crippen LogP contribution in [0.1, 0.15) is 30.5 Å². The maximum absolute atomic E-state index is 4.58. The van der Waals surface area contributed by atoms with Gasteiger partial charge in [-0.1, -0.05) is 6.92 Å². The molecular formula is C15H21N5S. The van der Waals surface area contributed by atoms with Crippen LogP contribution >= 0.6 is 11.3 Å². The SMILES string of the molecule is CCc1nc(CCNc2cc(N3CCCC3)ncn2)cs1. The Balaban J connectivity index is 1.53. The van der Waals surface area contributed by atoms with Crippen LogP contribution in [0.15, 0.2) is 17.8 Å². The molecule has 0 saturated carbocycles. The molecule has 2 aromatic rings. The molecule has 0 amide bonds. The van der Waals surface area contributed by atoms with Gasteiger partial charge in [0.15, 0.2) is 0 Å². The van der Waals surface area contributed by atoms with Gasteiger partial charge in [0.1, 0.15) is 18.0 Å². The molecule has 21 heavy (non-hydrogen) atoms. The quantitative estimate of drug-likeness (QED) is 0.889. The monoisotopic (exact) mass is 303 g/mol. The molecule has 6 heteroatoms. The molecule has 1 aliphatic rings. The molecule has 5 nitrogen and oxygen atoms in total. The predicted octanol–water partition coefficient (Wildman–Crippen LogP) is 2.75. The van der Waals surface area contributed by atoms with Crippen molar-refractivity contribution in [3.63, 3.8) is 0 Å². The van der Waals surface area contributed by atoms with Crippen LogP contribution < -0.4 is 10.2 Å². The average Bonchev–Trinajstić information content (AvgIpc) is 3.19. The molecule has 0 aromatic carbocycles. The highest BCUT2D eigenvalue weighted by Crippen LogP contribution is 2.19. The van der Waals surface area contributed by atoms with E-state index in [2.05, 4.69) is 37.5 Å². The van der Waals surface area contributed by atoms with Crippen molar-refractivity contribution in [2.75, 3.05) is 29.9 Å². The van der Waals surface area contributed by atoms with Crippen molar-refractivity contribution < 1.29 is 0 Å². The lowest BCUT2D eigenvalue weighted by Crippen LogP contribution is -2.19. The highest BCUT2D eigenvalue weighted by Gasteiger charge is 2.13. The first-order valence-corrected chi connectivity index (χ1v) is 8.47. The van der Waals surface area contributed by atoms with Crippen LogP contribution in [-0.4, -0.2) is 34.6 Å². The summed E-state index contributed by atoms with van der Waals surface area (Å²) in [5, 5.41) is 6.73. The van der Waals surface area contributed by atoms with Crippen molar-refractivity contribution in [1.29, 1.82) is 0 Å². The number of aromatic nitrogens is 3. The van der Waals surface area contributed by atoms with Gasteiger partial charge in [-0.05, 0) is 19.3 Å². The van der Waals surface area contributed by atoms with E-state index in [1.165, 1.54) is 17.8 Å². The van der Waals surface area contributed by atoms with Crippen LogP contribution in [0.4, 0.5) is 11.6 Å². The van der Waals surface area contributed by atoms with E-state index in [1.807, 2.05) is 6.07 Å². The lowest BCUT2D eigenvalue weighted by Gasteiger charge is -2.16. The number of hydrogen-bond donors (Lipinski definition) is 1. The Kier molecular flexibility index (Phi) is 4.65. The van der Waals surface area contributed by atoms with Gasteiger partial charge in [-0.2, -0.15) is 0 Å². The molecule has 1 fully saturated rings. The van der Waals surface area contributed by atoms with E-state index in [0.717, 1.165) is 49.8 Å². The molecule has 0 aliphatic carbocycles. The summed E-state index contributed by atoms with van der Waals surface area (Å²) < 4.78 is 0. The third kappa shape index (κ3) is 3.69. The standard InChI is InChI=1S/C15H21N5S/c1-2-15-19-12(10-21-15)5-6-16-13-9-14(18-11-17-13)20-7-3-4-8-20/h9-11H,2-8H2,1H3,(H,16,17,18). The van der Waals surface area contributed by atoms with Gasteiger partial charge in [-0.3, -0.25) is 0 Å². The average molecular weight is 303 g/mol. The topological polar surface area (TPSA) is 53.9 Å². The Bertz CT molecular complexity index is 577. The minimum Gasteiger partial charge on any atom is -0.370 e. The van der Waals surface area contributed by atoms with E-state index in [-0.39, 0.29) is 0 Å². The molecule has 1 aliphatic heterocycles. The molecule has 0 radical (unpaired) electrons. The van der Waals surface area contributed by atoms with Crippen LogP contribution in [0.2, 0.25) is 0 Å². The molecular weight excluding hydrogens is 282 g/mol. The minimum absolute atomic E-state index is 0.851. The molecule has 0 spiro atoms. The zero-order valence-electron chi connectivity index (χ0n) is 12.4. The number of nitrogens with one attached hydrogen (secondary N) is 1. The summed E-state index contributed by atoms with van der Waals surface area (Å²) in [6, 6.07) is 2.05. The molecule has 1 saturated heterocycles. The number of thiazole rings is 1. The van der Waals surface area contributed by atoms with Gasteiger partial charge in [-0.25, -0.2) is 15.0 Å². The highest BCUT2D eigenvalue weighted by atomic mass is 32.1. The van der Waals surface area contributed by atoms with E-state index in [4.69, 9.17) is 0 Å². The Morgan fingerprint density at radius 1 is 1.29 bits per heavy atom. The molecule has 1 N–H and O–H groups in total. The van der Waals surface area contributed by atoms with Gasteiger partial charge in [0, 0.05) is 37.5 Å². The maximum atomic E-state index is 4.58. The summed E-state index contributed by atoms with van der Waals surface area (Å²) in [5.41, 5.74) is 1.16. The van der Waals surface area contributed by atoms with Crippen molar-refractivity contribution >= 4 is 23.0 Å². The molecule has 3 heterocycles. The first kappa shape index (κ1) is 14.3. The Labute approximate surface area is 129 Å². The van der Waals surface area contributed by atoms with E-state index in [0.29, 0.717) is 0 Å². The lowest BCUT2D eigenvalue weighted by molar-refractivity contribution is 0.917. The Hall–Kier alpha value is -1.69. The largest absolute Gasteiger partial charge is 0.370 e. The van der Waals surface area contributed by atoms with Crippen molar-refractivity contribution in [2.45, 2.75) is 32.6 Å². The third-order valence-corrected chi connectivity index (χ3v) is 4.71. The van der Waals surface area contributed by atoms with Crippen LogP contribution in [0.25, 0.3) is 0 Å². The number of anilines is 2. The molecule has 0 unspecified atom stereocenters. The minimum atomic E-state index is 0.851. The smallest absolute Gasteiger partial charge is 0.134 e. The fraction of sp³-hybridized carbons (Fsp3) is 0.533. The van der Waals surface area contributed by atoms with Crippen LogP contribution in [0.3, 0.4) is 0 Å². The predicted molar refractivity (Wildman–Crippen MR) is 87.2 cm³/mol. The third-order valence-electron chi connectivity index (χ3n) is 3.67. The first-order chi connectivity index (χ1) is 10.3. The van der Waals surface area contributed by atoms with Gasteiger partial charge >= 0.3 is 0 Å². The zero-order chi connectivity index (χ0) is 14.5. The first-order valence-electron chi connectivity index (χ1n) is 7.59. The fourth-order valence-electron chi connectivity index (χ4n) is 2.51. The van der Waals surface area contributed by atoms with Gasteiger partial charge in [0.25, 0.3) is 0 Å². The van der Waals surface area contributed by atoms with Crippen LogP contribution in [-0.2, 0) is 12.8 Å². The molecule has 112 valence electrons. The van der Waals surface area contributed by atoms with Crippen LogP contribution in [0.5, 0.6) is 0 Å². The van der Waals surface area contributed by atoms with Crippen molar-refractivity contribution in [2.24, 2.45) is 0 Å². The van der Waals surface area contributed by atoms with Crippen molar-refractivity contribution in [3.8, 4) is 0 Å². The molecule has 0 bridgehead atoms. The van der Waals surface area contributed by atoms with E-state index >= 15 is 0 Å². The summed E-state index contributed by atoms with van der Waals surface area (Å²) in [7, 11) is 0. The van der Waals surface area contributed by atoms with E-state index in [9.17, 15) is 0 Å². The fourth-order valence-corrected chi connectivity index (χ4v) is 3.29. The summed E-state index contributed by atoms with van der Waals surface area (Å²) >= 11 is 1.74. The highest BCUT2D eigenvalue weighted by molar-refractivity contribution is 7.09. The molecule has 3 rings (SSSR count). The lowest BCUT2D eigenvalue weighted by atomic mass is 10.3. The van der Waals surface area contributed by atoms with E-state index < -0.39 is 0 Å². The second-order valence-electron chi connectivity index (χ2n) is 5.22. The normalized spacial score (nSPS) is 14.6. The van der Waals surface area contributed by atoms with Crippen molar-refractivity contribution in [3.05, 3.63) is 28.5 Å². The second kappa shape index (κ2) is 6.85.